The standard InChI is InChI=1S/C28H27N3O2S/c32-27(29-15-12-22-9-6-18-34-22)21-13-16-31(17-14-21)28(33)24-19-26(20-7-2-1-3-8-20)30-25-11-5-4-10-23(24)25/h1-11,18-19,21H,12-17H2,(H,29,32). The number of carbonyl (C=O) groups is 2. The molecule has 0 saturated carbocycles. The summed E-state index contributed by atoms with van der Waals surface area (Å²) in [4.78, 5) is 34.2. The normalized spacial score (nSPS) is 14.3. The molecule has 1 N–H and O–H groups in total. The molecule has 0 aliphatic carbocycles. The number of nitrogens with zero attached hydrogens (tertiary/aromatic N) is 2. The number of thiophene rings is 1. The van der Waals surface area contributed by atoms with Crippen LogP contribution in [0.1, 0.15) is 28.1 Å². The zero-order valence-electron chi connectivity index (χ0n) is 18.9. The van der Waals surface area contributed by atoms with Gasteiger partial charge in [-0.15, -0.1) is 11.3 Å². The average Bonchev–Trinajstić information content (AvgIpc) is 3.42. The number of rotatable bonds is 6. The highest BCUT2D eigenvalue weighted by Gasteiger charge is 2.28. The molecule has 2 aromatic heterocycles. The van der Waals surface area contributed by atoms with Gasteiger partial charge in [0.25, 0.3) is 5.91 Å². The Bertz CT molecular complexity index is 1280. The average molecular weight is 470 g/mol. The van der Waals surface area contributed by atoms with Crippen LogP contribution in [0.2, 0.25) is 0 Å². The quantitative estimate of drug-likeness (QED) is 0.424. The van der Waals surface area contributed by atoms with E-state index >= 15 is 0 Å². The maximum Gasteiger partial charge on any atom is 0.254 e. The van der Waals surface area contributed by atoms with Gasteiger partial charge >= 0.3 is 0 Å². The number of hydrogen-bond acceptors (Lipinski definition) is 4. The predicted molar refractivity (Wildman–Crippen MR) is 137 cm³/mol. The van der Waals surface area contributed by atoms with Crippen molar-refractivity contribution in [3.63, 3.8) is 0 Å². The van der Waals surface area contributed by atoms with Gasteiger partial charge in [-0.25, -0.2) is 4.98 Å². The van der Waals surface area contributed by atoms with Gasteiger partial charge in [0.15, 0.2) is 0 Å². The van der Waals surface area contributed by atoms with Crippen molar-refractivity contribution in [2.45, 2.75) is 19.3 Å². The maximum absolute atomic E-state index is 13.6. The molecule has 34 heavy (non-hydrogen) atoms. The second kappa shape index (κ2) is 10.2. The summed E-state index contributed by atoms with van der Waals surface area (Å²) < 4.78 is 0. The van der Waals surface area contributed by atoms with E-state index in [1.54, 1.807) is 11.3 Å². The molecule has 2 amide bonds. The number of likely N-dealkylation sites (tertiary alicyclic amines) is 1. The zero-order valence-corrected chi connectivity index (χ0v) is 19.8. The molecular weight excluding hydrogens is 442 g/mol. The van der Waals surface area contributed by atoms with E-state index in [0.29, 0.717) is 38.0 Å². The molecular formula is C28H27N3O2S. The highest BCUT2D eigenvalue weighted by molar-refractivity contribution is 7.09. The summed E-state index contributed by atoms with van der Waals surface area (Å²) in [6, 6.07) is 23.8. The molecule has 0 atom stereocenters. The minimum Gasteiger partial charge on any atom is -0.355 e. The number of pyridine rings is 1. The van der Waals surface area contributed by atoms with E-state index in [9.17, 15) is 9.59 Å². The lowest BCUT2D eigenvalue weighted by atomic mass is 9.94. The molecule has 6 heteroatoms. The van der Waals surface area contributed by atoms with E-state index in [2.05, 4.69) is 16.8 Å². The third-order valence-electron chi connectivity index (χ3n) is 6.42. The first kappa shape index (κ1) is 22.3. The van der Waals surface area contributed by atoms with Crippen LogP contribution in [0.15, 0.2) is 78.2 Å². The molecule has 172 valence electrons. The van der Waals surface area contributed by atoms with Crippen molar-refractivity contribution in [2.75, 3.05) is 19.6 Å². The molecule has 3 heterocycles. The van der Waals surface area contributed by atoms with E-state index in [-0.39, 0.29) is 17.7 Å². The smallest absolute Gasteiger partial charge is 0.254 e. The molecule has 1 aliphatic rings. The number of piperidine rings is 1. The Morgan fingerprint density at radius 3 is 2.50 bits per heavy atom. The molecule has 0 spiro atoms. The maximum atomic E-state index is 13.6. The van der Waals surface area contributed by atoms with Gasteiger partial charge in [-0.1, -0.05) is 54.6 Å². The number of hydrogen-bond donors (Lipinski definition) is 1. The van der Waals surface area contributed by atoms with Crippen LogP contribution in [0, 0.1) is 5.92 Å². The third kappa shape index (κ3) is 4.87. The lowest BCUT2D eigenvalue weighted by molar-refractivity contribution is -0.126. The molecule has 1 aliphatic heterocycles. The Morgan fingerprint density at radius 2 is 1.74 bits per heavy atom. The van der Waals surface area contributed by atoms with Gasteiger partial charge < -0.3 is 10.2 Å². The molecule has 4 aromatic rings. The van der Waals surface area contributed by atoms with Gasteiger partial charge in [0.2, 0.25) is 5.91 Å². The highest BCUT2D eigenvalue weighted by atomic mass is 32.1. The van der Waals surface area contributed by atoms with Crippen molar-refractivity contribution in [2.24, 2.45) is 5.92 Å². The second-order valence-electron chi connectivity index (χ2n) is 8.63. The number of aromatic nitrogens is 1. The Kier molecular flexibility index (Phi) is 6.67. The van der Waals surface area contributed by atoms with Crippen molar-refractivity contribution in [1.82, 2.24) is 15.2 Å². The summed E-state index contributed by atoms with van der Waals surface area (Å²) in [5.41, 5.74) is 3.26. The first-order valence-electron chi connectivity index (χ1n) is 11.7. The minimum absolute atomic E-state index is 0.00679. The molecule has 0 unspecified atom stereocenters. The van der Waals surface area contributed by atoms with Gasteiger partial charge in [-0.05, 0) is 42.8 Å². The van der Waals surface area contributed by atoms with Crippen LogP contribution in [0.4, 0.5) is 0 Å². The summed E-state index contributed by atoms with van der Waals surface area (Å²) in [6.07, 6.45) is 2.23. The summed E-state index contributed by atoms with van der Waals surface area (Å²) in [5, 5.41) is 5.99. The van der Waals surface area contributed by atoms with E-state index < -0.39 is 0 Å². The first-order valence-corrected chi connectivity index (χ1v) is 12.6. The fraction of sp³-hybridized carbons (Fsp3) is 0.250. The SMILES string of the molecule is O=C(NCCc1cccs1)C1CCN(C(=O)c2cc(-c3ccccc3)nc3ccccc23)CC1. The molecule has 5 rings (SSSR count). The topological polar surface area (TPSA) is 62.3 Å². The van der Waals surface area contributed by atoms with E-state index in [1.807, 2.05) is 71.6 Å². The lowest BCUT2D eigenvalue weighted by Crippen LogP contribution is -2.43. The van der Waals surface area contributed by atoms with Gasteiger partial charge in [-0.2, -0.15) is 0 Å². The predicted octanol–water partition coefficient (Wildman–Crippen LogP) is 5.17. The molecule has 5 nitrogen and oxygen atoms in total. The summed E-state index contributed by atoms with van der Waals surface area (Å²) in [5.74, 6) is 0.0677. The first-order chi connectivity index (χ1) is 16.7. The number of benzene rings is 2. The van der Waals surface area contributed by atoms with Crippen LogP contribution in [0.5, 0.6) is 0 Å². The minimum atomic E-state index is -0.0403. The van der Waals surface area contributed by atoms with Crippen LogP contribution >= 0.6 is 11.3 Å². The molecule has 0 bridgehead atoms. The third-order valence-corrected chi connectivity index (χ3v) is 7.36. The van der Waals surface area contributed by atoms with Crippen molar-refractivity contribution in [3.05, 3.63) is 88.6 Å². The number of carbonyl (C=O) groups excluding carboxylic acids is 2. The van der Waals surface area contributed by atoms with Crippen LogP contribution < -0.4 is 5.32 Å². The Labute approximate surface area is 203 Å². The fourth-order valence-electron chi connectivity index (χ4n) is 4.53. The van der Waals surface area contributed by atoms with Gasteiger partial charge in [0.05, 0.1) is 16.8 Å². The van der Waals surface area contributed by atoms with Crippen molar-refractivity contribution < 1.29 is 9.59 Å². The second-order valence-corrected chi connectivity index (χ2v) is 9.66. The number of para-hydroxylation sites is 1. The Balaban J connectivity index is 1.27. The van der Waals surface area contributed by atoms with Crippen molar-refractivity contribution in [3.8, 4) is 11.3 Å². The fourth-order valence-corrected chi connectivity index (χ4v) is 5.24. The number of amides is 2. The van der Waals surface area contributed by atoms with Gasteiger partial charge in [0.1, 0.15) is 0 Å². The lowest BCUT2D eigenvalue weighted by Gasteiger charge is -2.31. The molecule has 2 aromatic carbocycles. The monoisotopic (exact) mass is 469 g/mol. The number of fused-ring (bicyclic) bond motifs is 1. The van der Waals surface area contributed by atoms with Crippen molar-refractivity contribution >= 4 is 34.1 Å². The van der Waals surface area contributed by atoms with E-state index in [4.69, 9.17) is 4.98 Å². The zero-order chi connectivity index (χ0) is 23.3. The summed E-state index contributed by atoms with van der Waals surface area (Å²) in [6.45, 7) is 1.82. The summed E-state index contributed by atoms with van der Waals surface area (Å²) >= 11 is 1.71. The Hall–Kier alpha value is -3.51. The van der Waals surface area contributed by atoms with Crippen LogP contribution in [0.25, 0.3) is 22.2 Å². The van der Waals surface area contributed by atoms with Gasteiger partial charge in [-0.3, -0.25) is 9.59 Å². The van der Waals surface area contributed by atoms with E-state index in [0.717, 1.165) is 28.6 Å². The molecule has 1 fully saturated rings. The highest BCUT2D eigenvalue weighted by Crippen LogP contribution is 2.27. The van der Waals surface area contributed by atoms with Crippen molar-refractivity contribution in [1.29, 1.82) is 0 Å². The molecule has 1 saturated heterocycles. The van der Waals surface area contributed by atoms with Crippen LogP contribution in [0.3, 0.4) is 0 Å². The summed E-state index contributed by atoms with van der Waals surface area (Å²) in [7, 11) is 0. The van der Waals surface area contributed by atoms with Crippen LogP contribution in [-0.4, -0.2) is 41.3 Å². The van der Waals surface area contributed by atoms with Crippen LogP contribution in [-0.2, 0) is 11.2 Å². The number of nitrogens with one attached hydrogen (secondary N) is 1. The Morgan fingerprint density at radius 1 is 0.971 bits per heavy atom. The van der Waals surface area contributed by atoms with E-state index in [1.165, 1.54) is 4.88 Å². The largest absolute Gasteiger partial charge is 0.355 e. The molecule has 0 radical (unpaired) electrons. The van der Waals surface area contributed by atoms with Gasteiger partial charge in [0, 0.05) is 41.4 Å².